The number of amides is 1. The first kappa shape index (κ1) is 16.9. The summed E-state index contributed by atoms with van der Waals surface area (Å²) in [6, 6.07) is 7.18. The number of hydrogen-bond donors (Lipinski definition) is 1. The summed E-state index contributed by atoms with van der Waals surface area (Å²) in [6.45, 7) is 6.54. The summed E-state index contributed by atoms with van der Waals surface area (Å²) in [5.74, 6) is 0.151. The molecule has 122 valence electrons. The van der Waals surface area contributed by atoms with Crippen LogP contribution in [0.3, 0.4) is 0 Å². The van der Waals surface area contributed by atoms with Gasteiger partial charge in [0.1, 0.15) is 5.82 Å². The summed E-state index contributed by atoms with van der Waals surface area (Å²) in [5.41, 5.74) is 0.738. The molecule has 4 heteroatoms. The number of nitrogens with zero attached hydrogens (tertiary/aromatic N) is 1. The number of rotatable bonds is 6. The van der Waals surface area contributed by atoms with Gasteiger partial charge in [-0.25, -0.2) is 4.39 Å². The second-order valence-corrected chi connectivity index (χ2v) is 6.34. The molecule has 3 nitrogen and oxygen atoms in total. The van der Waals surface area contributed by atoms with E-state index in [4.69, 9.17) is 0 Å². The summed E-state index contributed by atoms with van der Waals surface area (Å²) >= 11 is 0. The van der Waals surface area contributed by atoms with Crippen LogP contribution < -0.4 is 5.32 Å². The second kappa shape index (κ2) is 8.28. The maximum atomic E-state index is 13.7. The maximum Gasteiger partial charge on any atom is 0.223 e. The molecule has 0 spiro atoms. The maximum absolute atomic E-state index is 13.7. The Kier molecular flexibility index (Phi) is 6.37. The molecule has 0 aliphatic carbocycles. The van der Waals surface area contributed by atoms with Crippen molar-refractivity contribution in [2.24, 2.45) is 5.92 Å². The van der Waals surface area contributed by atoms with Crippen molar-refractivity contribution in [2.45, 2.75) is 52.1 Å². The van der Waals surface area contributed by atoms with Crippen LogP contribution in [-0.4, -0.2) is 29.9 Å². The van der Waals surface area contributed by atoms with Crippen LogP contribution in [0.25, 0.3) is 0 Å². The van der Waals surface area contributed by atoms with Crippen molar-refractivity contribution in [2.75, 3.05) is 13.1 Å². The SMILES string of the molecule is CCC[C@@H](C)NC(=O)C1CCN(Cc2ccccc2F)CC1. The highest BCUT2D eigenvalue weighted by atomic mass is 19.1. The zero-order valence-corrected chi connectivity index (χ0v) is 13.6. The molecule has 2 rings (SSSR count). The number of benzene rings is 1. The number of piperidine rings is 1. The summed E-state index contributed by atoms with van der Waals surface area (Å²) in [5, 5.41) is 3.11. The number of likely N-dealkylation sites (tertiary alicyclic amines) is 1. The van der Waals surface area contributed by atoms with E-state index in [1.165, 1.54) is 6.07 Å². The molecular formula is C18H27FN2O. The molecule has 1 atom stereocenters. The summed E-state index contributed by atoms with van der Waals surface area (Å²) in [4.78, 5) is 14.4. The molecule has 1 aliphatic heterocycles. The Morgan fingerprint density at radius 2 is 2.05 bits per heavy atom. The van der Waals surface area contributed by atoms with Gasteiger partial charge < -0.3 is 5.32 Å². The van der Waals surface area contributed by atoms with Crippen LogP contribution in [0.2, 0.25) is 0 Å². The largest absolute Gasteiger partial charge is 0.353 e. The molecule has 1 aromatic carbocycles. The zero-order chi connectivity index (χ0) is 15.9. The minimum atomic E-state index is -0.143. The van der Waals surface area contributed by atoms with E-state index in [1.807, 2.05) is 12.1 Å². The van der Waals surface area contributed by atoms with E-state index < -0.39 is 0 Å². The van der Waals surface area contributed by atoms with Crippen LogP contribution in [0.5, 0.6) is 0 Å². The highest BCUT2D eigenvalue weighted by Gasteiger charge is 2.25. The Labute approximate surface area is 132 Å². The summed E-state index contributed by atoms with van der Waals surface area (Å²) < 4.78 is 13.7. The van der Waals surface area contributed by atoms with Gasteiger partial charge in [-0.1, -0.05) is 31.5 Å². The van der Waals surface area contributed by atoms with E-state index in [0.29, 0.717) is 6.54 Å². The van der Waals surface area contributed by atoms with Crippen molar-refractivity contribution >= 4 is 5.91 Å². The Balaban J connectivity index is 1.78. The molecule has 1 N–H and O–H groups in total. The van der Waals surface area contributed by atoms with Crippen LogP contribution in [0.4, 0.5) is 4.39 Å². The van der Waals surface area contributed by atoms with Crippen molar-refractivity contribution in [1.82, 2.24) is 10.2 Å². The van der Waals surface area contributed by atoms with Crippen LogP contribution in [0.1, 0.15) is 45.1 Å². The quantitative estimate of drug-likeness (QED) is 0.874. The van der Waals surface area contributed by atoms with Crippen molar-refractivity contribution in [3.63, 3.8) is 0 Å². The van der Waals surface area contributed by atoms with Crippen molar-refractivity contribution in [3.8, 4) is 0 Å². The highest BCUT2D eigenvalue weighted by Crippen LogP contribution is 2.20. The topological polar surface area (TPSA) is 32.3 Å². The first-order valence-electron chi connectivity index (χ1n) is 8.36. The molecule has 0 saturated carbocycles. The zero-order valence-electron chi connectivity index (χ0n) is 13.6. The number of carbonyl (C=O) groups excluding carboxylic acids is 1. The molecule has 1 heterocycles. The molecule has 0 aromatic heterocycles. The van der Waals surface area contributed by atoms with Gasteiger partial charge in [0, 0.05) is 24.1 Å². The lowest BCUT2D eigenvalue weighted by molar-refractivity contribution is -0.127. The van der Waals surface area contributed by atoms with E-state index in [2.05, 4.69) is 24.1 Å². The fourth-order valence-electron chi connectivity index (χ4n) is 3.09. The molecular weight excluding hydrogens is 279 g/mol. The average molecular weight is 306 g/mol. The molecule has 1 aliphatic rings. The third-order valence-corrected chi connectivity index (χ3v) is 4.42. The number of hydrogen-bond acceptors (Lipinski definition) is 2. The smallest absolute Gasteiger partial charge is 0.223 e. The van der Waals surface area contributed by atoms with Gasteiger partial charge in [0.05, 0.1) is 0 Å². The predicted octanol–water partition coefficient (Wildman–Crippen LogP) is 3.34. The van der Waals surface area contributed by atoms with E-state index in [0.717, 1.165) is 44.3 Å². The second-order valence-electron chi connectivity index (χ2n) is 6.34. The molecule has 1 fully saturated rings. The Morgan fingerprint density at radius 1 is 1.36 bits per heavy atom. The average Bonchev–Trinajstić information content (AvgIpc) is 2.50. The molecule has 0 radical (unpaired) electrons. The first-order valence-corrected chi connectivity index (χ1v) is 8.36. The molecule has 1 saturated heterocycles. The standard InChI is InChI=1S/C18H27FN2O/c1-3-6-14(2)20-18(22)15-9-11-21(12-10-15)13-16-7-4-5-8-17(16)19/h4-5,7-8,14-15H,3,6,9-13H2,1-2H3,(H,20,22)/t14-/m1/s1. The van der Waals surface area contributed by atoms with Crippen LogP contribution in [-0.2, 0) is 11.3 Å². The van der Waals surface area contributed by atoms with Crippen LogP contribution in [0, 0.1) is 11.7 Å². The third-order valence-electron chi connectivity index (χ3n) is 4.42. The molecule has 22 heavy (non-hydrogen) atoms. The first-order chi connectivity index (χ1) is 10.6. The molecule has 1 aromatic rings. The predicted molar refractivity (Wildman–Crippen MR) is 86.9 cm³/mol. The summed E-state index contributed by atoms with van der Waals surface area (Å²) in [6.07, 6.45) is 3.83. The lowest BCUT2D eigenvalue weighted by Gasteiger charge is -2.32. The van der Waals surface area contributed by atoms with Gasteiger partial charge in [0.2, 0.25) is 5.91 Å². The fourth-order valence-corrected chi connectivity index (χ4v) is 3.09. The van der Waals surface area contributed by atoms with Gasteiger partial charge in [-0.15, -0.1) is 0 Å². The number of halogens is 1. The highest BCUT2D eigenvalue weighted by molar-refractivity contribution is 5.79. The molecule has 0 unspecified atom stereocenters. The van der Waals surface area contributed by atoms with E-state index in [9.17, 15) is 9.18 Å². The van der Waals surface area contributed by atoms with Crippen molar-refractivity contribution < 1.29 is 9.18 Å². The van der Waals surface area contributed by atoms with E-state index >= 15 is 0 Å². The lowest BCUT2D eigenvalue weighted by atomic mass is 9.95. The van der Waals surface area contributed by atoms with Gasteiger partial charge >= 0.3 is 0 Å². The Hall–Kier alpha value is -1.42. The minimum absolute atomic E-state index is 0.108. The fraction of sp³-hybridized carbons (Fsp3) is 0.611. The van der Waals surface area contributed by atoms with Crippen LogP contribution in [0.15, 0.2) is 24.3 Å². The van der Waals surface area contributed by atoms with Gasteiger partial charge in [-0.3, -0.25) is 9.69 Å². The normalized spacial score (nSPS) is 18.1. The Bertz CT molecular complexity index is 484. The number of carbonyl (C=O) groups is 1. The summed E-state index contributed by atoms with van der Waals surface area (Å²) in [7, 11) is 0. The minimum Gasteiger partial charge on any atom is -0.353 e. The lowest BCUT2D eigenvalue weighted by Crippen LogP contribution is -2.42. The monoisotopic (exact) mass is 306 g/mol. The molecule has 0 bridgehead atoms. The van der Waals surface area contributed by atoms with Crippen LogP contribution >= 0.6 is 0 Å². The Morgan fingerprint density at radius 3 is 2.68 bits per heavy atom. The van der Waals surface area contributed by atoms with Gasteiger partial charge in [-0.05, 0) is 45.3 Å². The third kappa shape index (κ3) is 4.80. The number of nitrogens with one attached hydrogen (secondary N) is 1. The van der Waals surface area contributed by atoms with Crippen molar-refractivity contribution in [3.05, 3.63) is 35.6 Å². The van der Waals surface area contributed by atoms with E-state index in [-0.39, 0.29) is 23.7 Å². The molecule has 1 amide bonds. The van der Waals surface area contributed by atoms with Gasteiger partial charge in [0.15, 0.2) is 0 Å². The van der Waals surface area contributed by atoms with Gasteiger partial charge in [0.25, 0.3) is 0 Å². The van der Waals surface area contributed by atoms with Crippen molar-refractivity contribution in [1.29, 1.82) is 0 Å². The van der Waals surface area contributed by atoms with E-state index in [1.54, 1.807) is 6.07 Å². The van der Waals surface area contributed by atoms with Gasteiger partial charge in [-0.2, -0.15) is 0 Å².